The van der Waals surface area contributed by atoms with Gasteiger partial charge < -0.3 is 40.5 Å². The van der Waals surface area contributed by atoms with Crippen molar-refractivity contribution in [1.29, 1.82) is 0 Å². The van der Waals surface area contributed by atoms with Crippen LogP contribution in [0.2, 0.25) is 0 Å². The third-order valence-corrected chi connectivity index (χ3v) is 18.7. The molecule has 0 unspecified atom stereocenters. The Morgan fingerprint density at radius 1 is 0.640 bits per heavy atom. The zero-order valence-electron chi connectivity index (χ0n) is 50.8. The lowest BCUT2D eigenvalue weighted by Crippen LogP contribution is -2.54. The molecule has 4 aromatic carbocycles. The summed E-state index contributed by atoms with van der Waals surface area (Å²) >= 11 is 3.55. The molecule has 4 fully saturated rings. The molecular formula is C61H100N6O7S12. The van der Waals surface area contributed by atoms with Crippen molar-refractivity contribution in [1.82, 2.24) is 31.1 Å². The molecule has 488 valence electrons. The van der Waals surface area contributed by atoms with E-state index in [1.54, 1.807) is 23.7 Å². The third-order valence-electron chi connectivity index (χ3n) is 16.2. The molecule has 0 radical (unpaired) electrons. The van der Waals surface area contributed by atoms with Crippen LogP contribution in [0.4, 0.5) is 0 Å². The minimum Gasteiger partial charge on any atom is -0.374 e. The Kier molecular flexibility index (Phi) is 41.5. The first-order valence-corrected chi connectivity index (χ1v) is 29.4. The molecule has 25 heteroatoms. The number of ketones is 1. The Morgan fingerprint density at radius 2 is 1.07 bits per heavy atom. The molecule has 0 saturated carbocycles. The minimum absolute atomic E-state index is 0. The molecule has 4 N–H and O–H groups in total. The molecule has 4 saturated heterocycles. The number of benzene rings is 4. The van der Waals surface area contributed by atoms with Gasteiger partial charge in [0.15, 0.2) is 0 Å². The number of Topliss-reactive ketones (excluding diaryl/α,β-unsaturated/α-hetero) is 1. The van der Waals surface area contributed by atoms with E-state index >= 15 is 0 Å². The molecule has 4 amide bonds. The number of hydrogen-bond acceptors (Lipinski definition) is 11. The fourth-order valence-electron chi connectivity index (χ4n) is 11.5. The normalized spacial score (nSPS) is 21.7. The van der Waals surface area contributed by atoms with Crippen LogP contribution in [-0.2, 0) is 46.7 Å². The Hall–Kier alpha value is -1.69. The second-order valence-electron chi connectivity index (χ2n) is 22.8. The topological polar surface area (TPSA) is 158 Å². The maximum Gasteiger partial charge on any atom is 0.243 e. The van der Waals surface area contributed by atoms with Gasteiger partial charge in [0.1, 0.15) is 17.9 Å². The molecule has 4 heterocycles. The summed E-state index contributed by atoms with van der Waals surface area (Å²) in [6.45, 7) is 19.9. The fraction of sp³-hybridized carbons (Fsp3) is 0.525. The van der Waals surface area contributed by atoms with Crippen LogP contribution >= 0.6 is 158 Å². The summed E-state index contributed by atoms with van der Waals surface area (Å²) < 4.78 is 12.8. The summed E-state index contributed by atoms with van der Waals surface area (Å²) in [5.41, 5.74) is 3.82. The van der Waals surface area contributed by atoms with Crippen molar-refractivity contribution in [2.75, 3.05) is 31.8 Å². The van der Waals surface area contributed by atoms with Crippen molar-refractivity contribution >= 4 is 199 Å². The quantitative estimate of drug-likeness (QED) is 0.0629. The highest BCUT2D eigenvalue weighted by Crippen LogP contribution is 2.50. The average molecular weight is 1410 g/mol. The van der Waals surface area contributed by atoms with Crippen LogP contribution in [-0.4, -0.2) is 106 Å². The number of thioether (sulfide) groups is 2. The lowest BCUT2D eigenvalue weighted by atomic mass is 9.83. The maximum absolute atomic E-state index is 14.6. The van der Waals surface area contributed by atoms with E-state index in [0.717, 1.165) is 69.5 Å². The number of rotatable bonds is 21. The van der Waals surface area contributed by atoms with Gasteiger partial charge in [-0.25, -0.2) is 0 Å². The summed E-state index contributed by atoms with van der Waals surface area (Å²) in [7, 11) is 1.75. The van der Waals surface area contributed by atoms with Crippen LogP contribution in [0.5, 0.6) is 0 Å². The molecule has 4 aliphatic rings. The van der Waals surface area contributed by atoms with Gasteiger partial charge >= 0.3 is 0 Å². The molecule has 0 aliphatic carbocycles. The van der Waals surface area contributed by atoms with Crippen LogP contribution < -0.4 is 21.3 Å². The van der Waals surface area contributed by atoms with Crippen LogP contribution in [0.15, 0.2) is 109 Å². The highest BCUT2D eigenvalue weighted by molar-refractivity contribution is 8.00. The molecule has 0 bridgehead atoms. The van der Waals surface area contributed by atoms with Gasteiger partial charge in [0.25, 0.3) is 0 Å². The molecule has 4 aliphatic heterocycles. The van der Waals surface area contributed by atoms with Crippen molar-refractivity contribution in [2.24, 2.45) is 22.7 Å². The molecular weight excluding hydrogens is 1310 g/mol. The van der Waals surface area contributed by atoms with E-state index in [0.29, 0.717) is 26.1 Å². The number of carbonyl (C=O) groups excluding carboxylic acids is 5. The van der Waals surface area contributed by atoms with Gasteiger partial charge in [-0.05, 0) is 114 Å². The number of nitrogens with one attached hydrogen (secondary N) is 4. The smallest absolute Gasteiger partial charge is 0.243 e. The maximum atomic E-state index is 14.6. The van der Waals surface area contributed by atoms with Gasteiger partial charge in [-0.1, -0.05) is 133 Å². The summed E-state index contributed by atoms with van der Waals surface area (Å²) in [6.07, 6.45) is 3.80. The number of ether oxygens (including phenoxy) is 2. The van der Waals surface area contributed by atoms with Gasteiger partial charge in [0.05, 0.1) is 61.3 Å². The predicted octanol–water partition coefficient (Wildman–Crippen LogP) is 10.6. The summed E-state index contributed by atoms with van der Waals surface area (Å²) in [6, 6.07) is 29.7. The van der Waals surface area contributed by atoms with Gasteiger partial charge in [-0.2, -0.15) is 135 Å². The van der Waals surface area contributed by atoms with Crippen molar-refractivity contribution in [3.05, 3.63) is 132 Å². The monoisotopic (exact) mass is 1410 g/mol. The summed E-state index contributed by atoms with van der Waals surface area (Å²) in [5.74, 6) is 0.675. The van der Waals surface area contributed by atoms with Gasteiger partial charge in [-0.15, -0.1) is 23.5 Å². The first-order valence-electron chi connectivity index (χ1n) is 27.3. The average Bonchev–Trinajstić information content (AvgIpc) is 3.06. The standard InChI is InChI=1S/C61H80N6O7S2.10H2S/c1-10-38(2)56(69)63-48-26-28-76-52-32-60(5,6)54(66(52)40(48)4)57(70)64-49(43-17-13-11-14-18-43)36-73-34-41-21-23-46-30-42(22-24-45(46)29-41)35-74-37-50(44-19-15-12-16-20-44)65-58(71)55-61(7,8)33-53-67(55)59(72)47(25-27-75-53)31-51(68)39(3)62-9;;;;;;;;;;/h11-24,29-30,38-39,47-50,52-55,62H,4,10,25-28,31-37H2,1-3,5-9H3,(H,63,69)(H,64,70)(H,65,71);10*1H2/t38-,39+,47-,48+,49-,50-,52+,53+,54-,55-;;;;;;;;;;/m1........../s1. The van der Waals surface area contributed by atoms with Gasteiger partial charge in [-0.3, -0.25) is 24.0 Å². The van der Waals surface area contributed by atoms with Crippen LogP contribution in [0.1, 0.15) is 121 Å². The molecule has 86 heavy (non-hydrogen) atoms. The molecule has 8 rings (SSSR count). The predicted molar refractivity (Wildman–Crippen MR) is 409 cm³/mol. The van der Waals surface area contributed by atoms with E-state index in [2.05, 4.69) is 96.8 Å². The number of likely N-dealkylation sites (N-methyl/N-ethyl adjacent to an activating group) is 1. The lowest BCUT2D eigenvalue weighted by Gasteiger charge is -2.38. The number of nitrogens with zero attached hydrogens (tertiary/aromatic N) is 2. The molecule has 13 nitrogen and oxygen atoms in total. The summed E-state index contributed by atoms with van der Waals surface area (Å²) in [5, 5.41) is 15.0. The number of carbonyl (C=O) groups is 5. The van der Waals surface area contributed by atoms with Crippen LogP contribution in [0.25, 0.3) is 10.8 Å². The fourth-order valence-corrected chi connectivity index (χ4v) is 14.7. The zero-order valence-corrected chi connectivity index (χ0v) is 62.4. The second-order valence-corrected chi connectivity index (χ2v) is 25.4. The van der Waals surface area contributed by atoms with E-state index in [-0.39, 0.29) is 218 Å². The van der Waals surface area contributed by atoms with Crippen molar-refractivity contribution in [2.45, 2.75) is 147 Å². The van der Waals surface area contributed by atoms with Crippen LogP contribution in [0, 0.1) is 22.7 Å². The third kappa shape index (κ3) is 21.7. The molecule has 4 aromatic rings. The highest BCUT2D eigenvalue weighted by atomic mass is 32.2. The first kappa shape index (κ1) is 88.5. The first-order chi connectivity index (χ1) is 36.4. The van der Waals surface area contributed by atoms with E-state index < -0.39 is 35.5 Å². The van der Waals surface area contributed by atoms with Crippen molar-refractivity contribution in [3.63, 3.8) is 0 Å². The summed E-state index contributed by atoms with van der Waals surface area (Å²) in [4.78, 5) is 73.5. The second kappa shape index (κ2) is 40.3. The van der Waals surface area contributed by atoms with E-state index in [4.69, 9.17) is 9.47 Å². The Labute approximate surface area is 591 Å². The van der Waals surface area contributed by atoms with Crippen LogP contribution in [0.3, 0.4) is 0 Å². The van der Waals surface area contributed by atoms with Crippen molar-refractivity contribution < 1.29 is 33.4 Å². The molecule has 10 atom stereocenters. The number of hydrogen-bond donors (Lipinski definition) is 4. The zero-order chi connectivity index (χ0) is 54.3. The SMILES string of the molecule is C=C1[C@@H](NC(=O)[C@H](C)CC)CCS[C@H]2CC(C)(C)[C@@H](C(=O)N[C@H](COCc3ccc4cc(COC[C@@H](NC(=O)[C@H]5N6C(=O)[C@@H](CC(=O)[C@H](C)NC)CCS[C@H]6CC5(C)C)c5ccccc5)ccc4c3)c3ccccc3)N12.S.S.S.S.S.S.S.S.S.S. The van der Waals surface area contributed by atoms with Gasteiger partial charge in [0, 0.05) is 24.0 Å². The van der Waals surface area contributed by atoms with Gasteiger partial charge in [0.2, 0.25) is 23.6 Å². The van der Waals surface area contributed by atoms with E-state index in [1.165, 1.54) is 0 Å². The highest BCUT2D eigenvalue weighted by Gasteiger charge is 2.55. The van der Waals surface area contributed by atoms with E-state index in [9.17, 15) is 24.0 Å². The lowest BCUT2D eigenvalue weighted by molar-refractivity contribution is -0.145. The largest absolute Gasteiger partial charge is 0.374 e. The van der Waals surface area contributed by atoms with E-state index in [1.807, 2.05) is 93.2 Å². The van der Waals surface area contributed by atoms with Crippen molar-refractivity contribution in [3.8, 4) is 0 Å². The number of amides is 4. The minimum atomic E-state index is -0.698. The Morgan fingerprint density at radius 3 is 1.51 bits per heavy atom. The molecule has 0 aromatic heterocycles. The Balaban J connectivity index is -0.00000689. The molecule has 0 spiro atoms. The Bertz CT molecular complexity index is 2560. The number of fused-ring (bicyclic) bond motifs is 3.